The molecule has 24 heavy (non-hydrogen) atoms. The highest BCUT2D eigenvalue weighted by atomic mass is 127. The van der Waals surface area contributed by atoms with Gasteiger partial charge >= 0.3 is 0 Å². The van der Waals surface area contributed by atoms with Crippen molar-refractivity contribution in [1.82, 2.24) is 15.6 Å². The van der Waals surface area contributed by atoms with Crippen LogP contribution < -0.4 is 10.6 Å². The predicted octanol–water partition coefficient (Wildman–Crippen LogP) is 3.03. The average molecular weight is 460 g/mol. The fraction of sp³-hybridized carbons (Fsp3) is 0.412. The van der Waals surface area contributed by atoms with Crippen LogP contribution in [0.2, 0.25) is 0 Å². The highest BCUT2D eigenvalue weighted by Gasteiger charge is 2.24. The van der Waals surface area contributed by atoms with E-state index in [-0.39, 0.29) is 24.0 Å². The van der Waals surface area contributed by atoms with Crippen LogP contribution in [0.1, 0.15) is 30.1 Å². The first kappa shape index (κ1) is 20.9. The Hall–Kier alpha value is -1.19. The van der Waals surface area contributed by atoms with Crippen molar-refractivity contribution >= 4 is 41.3 Å². The SMILES string of the molecule is CCNC(=NCc1cccc(C)n1)NCC(C)(O)c1cccs1.I. The van der Waals surface area contributed by atoms with Crippen molar-refractivity contribution in [3.8, 4) is 0 Å². The van der Waals surface area contributed by atoms with E-state index in [1.54, 1.807) is 18.3 Å². The van der Waals surface area contributed by atoms with Crippen LogP contribution in [0.4, 0.5) is 0 Å². The number of aliphatic imine (C=N–C) groups is 1. The van der Waals surface area contributed by atoms with Gasteiger partial charge in [-0.1, -0.05) is 12.1 Å². The molecule has 0 saturated carbocycles. The van der Waals surface area contributed by atoms with Crippen LogP contribution in [0.3, 0.4) is 0 Å². The van der Waals surface area contributed by atoms with Crippen molar-refractivity contribution in [3.05, 3.63) is 52.0 Å². The molecule has 0 fully saturated rings. The number of aromatic nitrogens is 1. The molecule has 1 unspecified atom stereocenters. The van der Waals surface area contributed by atoms with Gasteiger partial charge in [0.15, 0.2) is 5.96 Å². The molecule has 5 nitrogen and oxygen atoms in total. The number of pyridine rings is 1. The van der Waals surface area contributed by atoms with Crippen molar-refractivity contribution in [2.45, 2.75) is 32.9 Å². The number of thiophene rings is 1. The smallest absolute Gasteiger partial charge is 0.191 e. The minimum Gasteiger partial charge on any atom is -0.383 e. The highest BCUT2D eigenvalue weighted by molar-refractivity contribution is 14.0. The van der Waals surface area contributed by atoms with Gasteiger partial charge in [0.2, 0.25) is 0 Å². The average Bonchev–Trinajstić information content (AvgIpc) is 3.05. The van der Waals surface area contributed by atoms with Gasteiger partial charge < -0.3 is 15.7 Å². The Labute approximate surface area is 164 Å². The van der Waals surface area contributed by atoms with Crippen LogP contribution in [0.25, 0.3) is 0 Å². The zero-order valence-corrected chi connectivity index (χ0v) is 17.4. The summed E-state index contributed by atoms with van der Waals surface area (Å²) in [4.78, 5) is 9.91. The van der Waals surface area contributed by atoms with Gasteiger partial charge in [-0.2, -0.15) is 0 Å². The second-order valence-electron chi connectivity index (χ2n) is 5.57. The predicted molar refractivity (Wildman–Crippen MR) is 111 cm³/mol. The Morgan fingerprint density at radius 2 is 2.08 bits per heavy atom. The van der Waals surface area contributed by atoms with Crippen molar-refractivity contribution in [1.29, 1.82) is 0 Å². The number of nitrogens with one attached hydrogen (secondary N) is 2. The maximum Gasteiger partial charge on any atom is 0.191 e. The number of guanidine groups is 1. The molecule has 2 rings (SSSR count). The van der Waals surface area contributed by atoms with Crippen LogP contribution >= 0.6 is 35.3 Å². The third-order valence-corrected chi connectivity index (χ3v) is 4.46. The fourth-order valence-corrected chi connectivity index (χ4v) is 2.90. The van der Waals surface area contributed by atoms with Crippen LogP contribution in [0, 0.1) is 6.92 Å². The van der Waals surface area contributed by atoms with E-state index in [1.807, 2.05) is 49.6 Å². The van der Waals surface area contributed by atoms with E-state index in [9.17, 15) is 5.11 Å². The number of aliphatic hydroxyl groups is 1. The molecule has 2 aromatic heterocycles. The second-order valence-corrected chi connectivity index (χ2v) is 6.52. The van der Waals surface area contributed by atoms with Gasteiger partial charge in [0.1, 0.15) is 5.60 Å². The molecule has 0 spiro atoms. The molecule has 0 amide bonds. The molecule has 3 N–H and O–H groups in total. The third-order valence-electron chi connectivity index (χ3n) is 3.34. The van der Waals surface area contributed by atoms with Crippen molar-refractivity contribution in [2.75, 3.05) is 13.1 Å². The molecule has 0 aliphatic heterocycles. The molecule has 2 heterocycles. The minimum atomic E-state index is -0.925. The number of nitrogens with zero attached hydrogens (tertiary/aromatic N) is 2. The summed E-state index contributed by atoms with van der Waals surface area (Å²) in [6, 6.07) is 9.79. The summed E-state index contributed by atoms with van der Waals surface area (Å²) in [5, 5.41) is 18.9. The van der Waals surface area contributed by atoms with Crippen LogP contribution in [0.5, 0.6) is 0 Å². The third kappa shape index (κ3) is 6.37. The van der Waals surface area contributed by atoms with Crippen molar-refractivity contribution in [2.24, 2.45) is 4.99 Å². The van der Waals surface area contributed by atoms with Gasteiger partial charge in [-0.05, 0) is 44.4 Å². The van der Waals surface area contributed by atoms with Crippen LogP contribution in [0.15, 0.2) is 40.7 Å². The van der Waals surface area contributed by atoms with Gasteiger partial charge in [-0.25, -0.2) is 4.99 Å². The molecule has 7 heteroatoms. The van der Waals surface area contributed by atoms with E-state index >= 15 is 0 Å². The molecule has 0 saturated heterocycles. The first-order valence-electron chi connectivity index (χ1n) is 7.72. The number of hydrogen-bond donors (Lipinski definition) is 3. The summed E-state index contributed by atoms with van der Waals surface area (Å²) < 4.78 is 0. The quantitative estimate of drug-likeness (QED) is 0.352. The second kappa shape index (κ2) is 9.95. The Morgan fingerprint density at radius 3 is 2.71 bits per heavy atom. The van der Waals surface area contributed by atoms with E-state index in [1.165, 1.54) is 0 Å². The lowest BCUT2D eigenvalue weighted by atomic mass is 10.1. The zero-order valence-electron chi connectivity index (χ0n) is 14.2. The molecule has 0 radical (unpaired) electrons. The summed E-state index contributed by atoms with van der Waals surface area (Å²) in [5.74, 6) is 0.674. The summed E-state index contributed by atoms with van der Waals surface area (Å²) >= 11 is 1.55. The number of rotatable bonds is 6. The maximum atomic E-state index is 10.6. The maximum absolute atomic E-state index is 10.6. The minimum absolute atomic E-state index is 0. The lowest BCUT2D eigenvalue weighted by Crippen LogP contribution is -2.44. The summed E-state index contributed by atoms with van der Waals surface area (Å²) in [6.07, 6.45) is 0. The van der Waals surface area contributed by atoms with E-state index in [0.717, 1.165) is 22.8 Å². The van der Waals surface area contributed by atoms with Gasteiger partial charge in [0.05, 0.1) is 18.8 Å². The monoisotopic (exact) mass is 460 g/mol. The van der Waals surface area contributed by atoms with E-state index in [0.29, 0.717) is 19.0 Å². The van der Waals surface area contributed by atoms with Crippen molar-refractivity contribution in [3.63, 3.8) is 0 Å². The first-order valence-corrected chi connectivity index (χ1v) is 8.60. The number of halogens is 1. The molecule has 0 aromatic carbocycles. The molecule has 132 valence electrons. The normalized spacial score (nSPS) is 13.8. The van der Waals surface area contributed by atoms with Crippen LogP contribution in [-0.2, 0) is 12.1 Å². The van der Waals surface area contributed by atoms with E-state index < -0.39 is 5.60 Å². The standard InChI is InChI=1S/C17H24N4OS.HI/c1-4-18-16(19-11-14-8-5-7-13(2)21-14)20-12-17(3,22)15-9-6-10-23-15;/h5-10,22H,4,11-12H2,1-3H3,(H2,18,19,20);1H. The molecule has 2 aromatic rings. The molecule has 0 aliphatic carbocycles. The molecule has 0 bridgehead atoms. The summed E-state index contributed by atoms with van der Waals surface area (Å²) in [7, 11) is 0. The highest BCUT2D eigenvalue weighted by Crippen LogP contribution is 2.24. The Kier molecular flexibility index (Phi) is 8.65. The number of aryl methyl sites for hydroxylation is 1. The molecule has 0 aliphatic rings. The topological polar surface area (TPSA) is 69.5 Å². The lowest BCUT2D eigenvalue weighted by molar-refractivity contribution is 0.0655. The summed E-state index contributed by atoms with van der Waals surface area (Å²) in [6.45, 7) is 7.43. The molecular weight excluding hydrogens is 435 g/mol. The van der Waals surface area contributed by atoms with Gasteiger partial charge in [0.25, 0.3) is 0 Å². The van der Waals surface area contributed by atoms with Gasteiger partial charge in [-0.15, -0.1) is 35.3 Å². The first-order chi connectivity index (χ1) is 11.0. The van der Waals surface area contributed by atoms with Gasteiger partial charge in [-0.3, -0.25) is 4.98 Å². The molecular formula is C17H25IN4OS. The largest absolute Gasteiger partial charge is 0.383 e. The molecule has 1 atom stereocenters. The van der Waals surface area contributed by atoms with E-state index in [4.69, 9.17) is 0 Å². The lowest BCUT2D eigenvalue weighted by Gasteiger charge is -2.23. The van der Waals surface area contributed by atoms with Crippen LogP contribution in [-0.4, -0.2) is 29.1 Å². The Balaban J connectivity index is 0.00000288. The summed E-state index contributed by atoms with van der Waals surface area (Å²) in [5.41, 5.74) is 0.981. The van der Waals surface area contributed by atoms with E-state index in [2.05, 4.69) is 20.6 Å². The van der Waals surface area contributed by atoms with Gasteiger partial charge in [0, 0.05) is 17.1 Å². The Morgan fingerprint density at radius 1 is 1.29 bits per heavy atom. The van der Waals surface area contributed by atoms with Crippen molar-refractivity contribution < 1.29 is 5.11 Å². The Bertz CT molecular complexity index is 644. The zero-order chi connectivity index (χ0) is 16.7. The fourth-order valence-electron chi connectivity index (χ4n) is 2.12. The number of hydrogen-bond acceptors (Lipinski definition) is 4.